The highest BCUT2D eigenvalue weighted by molar-refractivity contribution is 5.70. The average Bonchev–Trinajstić information content (AvgIpc) is 3.20. The molecule has 0 saturated heterocycles. The van der Waals surface area contributed by atoms with Crippen LogP contribution in [0.15, 0.2) is 24.3 Å². The van der Waals surface area contributed by atoms with Crippen molar-refractivity contribution in [2.75, 3.05) is 19.8 Å². The van der Waals surface area contributed by atoms with E-state index in [9.17, 15) is 9.59 Å². The maximum atomic E-state index is 12.7. The summed E-state index contributed by atoms with van der Waals surface area (Å²) in [5, 5.41) is 0. The van der Waals surface area contributed by atoms with Crippen LogP contribution in [0.25, 0.3) is 0 Å². The van der Waals surface area contributed by atoms with Gasteiger partial charge < -0.3 is 14.2 Å². The van der Waals surface area contributed by atoms with Gasteiger partial charge in [0.1, 0.15) is 6.61 Å². The highest BCUT2D eigenvalue weighted by Crippen LogP contribution is 2.15. The number of carbonyl (C=O) groups excluding carboxylic acids is 2. The molecular formula is C51H96O5. The number of esters is 2. The van der Waals surface area contributed by atoms with E-state index in [1.165, 1.54) is 180 Å². The van der Waals surface area contributed by atoms with Gasteiger partial charge in [-0.3, -0.25) is 9.59 Å². The van der Waals surface area contributed by atoms with Crippen LogP contribution in [0.1, 0.15) is 265 Å². The molecule has 0 aromatic rings. The molecule has 0 aliphatic carbocycles. The topological polar surface area (TPSA) is 61.8 Å². The molecule has 0 aliphatic heterocycles. The molecule has 56 heavy (non-hydrogen) atoms. The maximum absolute atomic E-state index is 12.7. The molecule has 0 bridgehead atoms. The van der Waals surface area contributed by atoms with Gasteiger partial charge in [0.15, 0.2) is 6.10 Å². The summed E-state index contributed by atoms with van der Waals surface area (Å²) in [6.07, 6.45) is 54.8. The third-order valence-electron chi connectivity index (χ3n) is 11.0. The summed E-state index contributed by atoms with van der Waals surface area (Å²) in [6, 6.07) is 0. The Balaban J connectivity index is 4.05. The fourth-order valence-electron chi connectivity index (χ4n) is 7.21. The monoisotopic (exact) mass is 789 g/mol. The van der Waals surface area contributed by atoms with Gasteiger partial charge in [-0.1, -0.05) is 206 Å². The summed E-state index contributed by atoms with van der Waals surface area (Å²) in [5.41, 5.74) is 0. The molecule has 0 fully saturated rings. The molecule has 0 aromatic carbocycles. The molecule has 0 N–H and O–H groups in total. The minimum Gasteiger partial charge on any atom is -0.462 e. The van der Waals surface area contributed by atoms with E-state index in [0.717, 1.165) is 51.4 Å². The highest BCUT2D eigenvalue weighted by Gasteiger charge is 2.17. The lowest BCUT2D eigenvalue weighted by Gasteiger charge is -2.18. The van der Waals surface area contributed by atoms with Crippen LogP contribution in [0.4, 0.5) is 0 Å². The molecule has 1 unspecified atom stereocenters. The number of rotatable bonds is 46. The molecule has 0 spiro atoms. The number of hydrogen-bond acceptors (Lipinski definition) is 5. The molecule has 0 saturated carbocycles. The molecule has 0 aliphatic rings. The third-order valence-corrected chi connectivity index (χ3v) is 11.0. The number of ether oxygens (including phenoxy) is 3. The van der Waals surface area contributed by atoms with Crippen molar-refractivity contribution >= 4 is 11.9 Å². The van der Waals surface area contributed by atoms with Crippen molar-refractivity contribution in [3.05, 3.63) is 24.3 Å². The van der Waals surface area contributed by atoms with Crippen molar-refractivity contribution in [3.63, 3.8) is 0 Å². The van der Waals surface area contributed by atoms with Gasteiger partial charge in [-0.2, -0.15) is 0 Å². The molecule has 0 rings (SSSR count). The fourth-order valence-corrected chi connectivity index (χ4v) is 7.21. The van der Waals surface area contributed by atoms with Crippen molar-refractivity contribution in [2.45, 2.75) is 271 Å². The Labute approximate surface area is 349 Å². The van der Waals surface area contributed by atoms with Crippen LogP contribution in [-0.4, -0.2) is 37.9 Å². The summed E-state index contributed by atoms with van der Waals surface area (Å²) in [5.74, 6) is -0.400. The Morgan fingerprint density at radius 3 is 1.09 bits per heavy atom. The second-order valence-corrected chi connectivity index (χ2v) is 16.7. The SMILES string of the molecule is CCCCCCCC/C=C\CCCCCCCCCCCC(=O)OCC(COCCCCCCCC)OC(=O)CCCCCCC/C=C\CCCCCCCC. The van der Waals surface area contributed by atoms with E-state index >= 15 is 0 Å². The second kappa shape index (κ2) is 47.8. The lowest BCUT2D eigenvalue weighted by Crippen LogP contribution is -2.30. The zero-order valence-corrected chi connectivity index (χ0v) is 37.9. The van der Waals surface area contributed by atoms with Gasteiger partial charge >= 0.3 is 11.9 Å². The zero-order chi connectivity index (χ0) is 40.7. The average molecular weight is 789 g/mol. The van der Waals surface area contributed by atoms with Crippen LogP contribution in [0.2, 0.25) is 0 Å². The van der Waals surface area contributed by atoms with Crippen LogP contribution in [0.5, 0.6) is 0 Å². The van der Waals surface area contributed by atoms with Crippen molar-refractivity contribution in [2.24, 2.45) is 0 Å². The van der Waals surface area contributed by atoms with E-state index in [4.69, 9.17) is 14.2 Å². The summed E-state index contributed by atoms with van der Waals surface area (Å²) >= 11 is 0. The standard InChI is InChI=1S/C51H96O5/c1-4-7-10-13-16-18-20-22-24-25-26-27-29-30-32-34-36-38-41-44-50(52)55-48-49(47-54-46-43-40-15-12-9-6-3)56-51(53)45-42-39-37-35-33-31-28-23-21-19-17-14-11-8-5-2/h22-24,28,49H,4-21,25-27,29-48H2,1-3H3/b24-22-,28-23-. The minimum atomic E-state index is -0.532. The Morgan fingerprint density at radius 2 is 0.696 bits per heavy atom. The minimum absolute atomic E-state index is 0.0857. The quantitative estimate of drug-likeness (QED) is 0.0349. The van der Waals surface area contributed by atoms with Crippen LogP contribution < -0.4 is 0 Å². The lowest BCUT2D eigenvalue weighted by molar-refractivity contribution is -0.163. The van der Waals surface area contributed by atoms with Crippen LogP contribution in [-0.2, 0) is 23.8 Å². The maximum Gasteiger partial charge on any atom is 0.306 e. The predicted octanol–water partition coefficient (Wildman–Crippen LogP) is 16.5. The molecular weight excluding hydrogens is 693 g/mol. The van der Waals surface area contributed by atoms with E-state index in [1.807, 2.05) is 0 Å². The molecule has 0 aromatic heterocycles. The number of hydrogen-bond donors (Lipinski definition) is 0. The molecule has 0 radical (unpaired) electrons. The molecule has 5 heteroatoms. The van der Waals surface area contributed by atoms with Crippen LogP contribution >= 0.6 is 0 Å². The first-order chi connectivity index (χ1) is 27.6. The van der Waals surface area contributed by atoms with E-state index in [1.54, 1.807) is 0 Å². The molecule has 5 nitrogen and oxygen atoms in total. The summed E-state index contributed by atoms with van der Waals surface area (Å²) in [7, 11) is 0. The fraction of sp³-hybridized carbons (Fsp3) is 0.882. The Kier molecular flexibility index (Phi) is 46.4. The normalized spacial score (nSPS) is 12.3. The Morgan fingerprint density at radius 1 is 0.375 bits per heavy atom. The molecule has 0 heterocycles. The largest absolute Gasteiger partial charge is 0.462 e. The van der Waals surface area contributed by atoms with E-state index in [2.05, 4.69) is 45.1 Å². The van der Waals surface area contributed by atoms with Gasteiger partial charge in [-0.05, 0) is 70.6 Å². The van der Waals surface area contributed by atoms with Crippen molar-refractivity contribution < 1.29 is 23.8 Å². The molecule has 0 amide bonds. The third kappa shape index (κ3) is 45.1. The highest BCUT2D eigenvalue weighted by atomic mass is 16.6. The van der Waals surface area contributed by atoms with Gasteiger partial charge in [0.05, 0.1) is 6.61 Å². The smallest absolute Gasteiger partial charge is 0.306 e. The van der Waals surface area contributed by atoms with Gasteiger partial charge in [-0.25, -0.2) is 0 Å². The molecule has 1 atom stereocenters. The first-order valence-corrected chi connectivity index (χ1v) is 24.9. The van der Waals surface area contributed by atoms with Gasteiger partial charge in [0, 0.05) is 19.4 Å². The van der Waals surface area contributed by atoms with Gasteiger partial charge in [0.25, 0.3) is 0 Å². The number of unbranched alkanes of at least 4 members (excludes halogenated alkanes) is 31. The summed E-state index contributed by atoms with van der Waals surface area (Å²) in [4.78, 5) is 25.2. The number of allylic oxidation sites excluding steroid dienone is 4. The zero-order valence-electron chi connectivity index (χ0n) is 37.9. The van der Waals surface area contributed by atoms with Crippen LogP contribution in [0.3, 0.4) is 0 Å². The van der Waals surface area contributed by atoms with Gasteiger partial charge in [-0.15, -0.1) is 0 Å². The summed E-state index contributed by atoms with van der Waals surface area (Å²) in [6.45, 7) is 7.81. The van der Waals surface area contributed by atoms with Crippen LogP contribution in [0, 0.1) is 0 Å². The Hall–Kier alpha value is -1.62. The van der Waals surface area contributed by atoms with E-state index in [-0.39, 0.29) is 25.2 Å². The van der Waals surface area contributed by atoms with Crippen molar-refractivity contribution in [3.8, 4) is 0 Å². The first-order valence-electron chi connectivity index (χ1n) is 24.9. The molecule has 330 valence electrons. The van der Waals surface area contributed by atoms with Crippen molar-refractivity contribution in [1.29, 1.82) is 0 Å². The van der Waals surface area contributed by atoms with E-state index < -0.39 is 6.10 Å². The first kappa shape index (κ1) is 54.4. The van der Waals surface area contributed by atoms with Crippen molar-refractivity contribution in [1.82, 2.24) is 0 Å². The second-order valence-electron chi connectivity index (χ2n) is 16.7. The van der Waals surface area contributed by atoms with Gasteiger partial charge in [0.2, 0.25) is 0 Å². The predicted molar refractivity (Wildman–Crippen MR) is 242 cm³/mol. The lowest BCUT2D eigenvalue weighted by atomic mass is 10.1. The Bertz CT molecular complexity index is 851. The number of carbonyl (C=O) groups is 2. The van der Waals surface area contributed by atoms with E-state index in [0.29, 0.717) is 19.4 Å². The summed E-state index contributed by atoms with van der Waals surface area (Å²) < 4.78 is 17.3.